The molecular weight excluding hydrogens is 248 g/mol. The molecule has 2 aromatic carbocycles. The van der Waals surface area contributed by atoms with Gasteiger partial charge in [-0.15, -0.1) is 23.4 Å². The first-order chi connectivity index (χ1) is 8.20. The summed E-state index contributed by atoms with van der Waals surface area (Å²) in [6.07, 6.45) is 2.08. The summed E-state index contributed by atoms with van der Waals surface area (Å²) in [4.78, 5) is 1.27. The number of hydrogen-bond acceptors (Lipinski definition) is 1. The fourth-order valence-electron chi connectivity index (χ4n) is 1.70. The van der Waals surface area contributed by atoms with Gasteiger partial charge in [0.1, 0.15) is 0 Å². The third kappa shape index (κ3) is 3.05. The topological polar surface area (TPSA) is 0 Å². The molecule has 0 spiro atoms. The van der Waals surface area contributed by atoms with Crippen LogP contribution in [0.15, 0.2) is 53.4 Å². The third-order valence-corrected chi connectivity index (χ3v) is 4.03. The van der Waals surface area contributed by atoms with Crippen molar-refractivity contribution in [3.8, 4) is 0 Å². The van der Waals surface area contributed by atoms with Crippen molar-refractivity contribution in [1.82, 2.24) is 0 Å². The first-order valence-electron chi connectivity index (χ1n) is 5.55. The van der Waals surface area contributed by atoms with E-state index in [1.165, 1.54) is 10.5 Å². The van der Waals surface area contributed by atoms with Crippen molar-refractivity contribution in [2.45, 2.75) is 17.2 Å². The quantitative estimate of drug-likeness (QED) is 0.551. The summed E-state index contributed by atoms with van der Waals surface area (Å²) in [5.41, 5.74) is 3.55. The first kappa shape index (κ1) is 12.5. The number of rotatable bonds is 3. The second-order valence-corrected chi connectivity index (χ2v) is 5.36. The van der Waals surface area contributed by atoms with Crippen LogP contribution in [-0.4, -0.2) is 6.26 Å². The van der Waals surface area contributed by atoms with Gasteiger partial charge >= 0.3 is 0 Å². The molecule has 0 aliphatic heterocycles. The highest BCUT2D eigenvalue weighted by Crippen LogP contribution is 2.29. The molecule has 0 fully saturated rings. The van der Waals surface area contributed by atoms with E-state index in [2.05, 4.69) is 61.7 Å². The lowest BCUT2D eigenvalue weighted by atomic mass is 10.0. The van der Waals surface area contributed by atoms with Crippen LogP contribution < -0.4 is 0 Å². The summed E-state index contributed by atoms with van der Waals surface area (Å²) < 4.78 is 0. The van der Waals surface area contributed by atoms with E-state index in [4.69, 9.17) is 11.6 Å². The van der Waals surface area contributed by atoms with E-state index in [1.54, 1.807) is 11.8 Å². The standard InChI is InChI=1S/C15H15ClS/c1-11-3-5-12(6-4-11)15(16)13-7-9-14(17-2)10-8-13/h3-10,15H,1-2H3. The Balaban J connectivity index is 2.23. The number of benzene rings is 2. The molecule has 88 valence electrons. The van der Waals surface area contributed by atoms with Gasteiger partial charge in [0.05, 0.1) is 5.38 Å². The summed E-state index contributed by atoms with van der Waals surface area (Å²) >= 11 is 8.22. The van der Waals surface area contributed by atoms with Gasteiger partial charge in [-0.25, -0.2) is 0 Å². The van der Waals surface area contributed by atoms with Gasteiger partial charge in [0.2, 0.25) is 0 Å². The highest BCUT2D eigenvalue weighted by Gasteiger charge is 2.09. The lowest BCUT2D eigenvalue weighted by Crippen LogP contribution is -1.93. The predicted octanol–water partition coefficient (Wildman–Crippen LogP) is 5.05. The van der Waals surface area contributed by atoms with E-state index < -0.39 is 0 Å². The highest BCUT2D eigenvalue weighted by molar-refractivity contribution is 7.98. The zero-order valence-corrected chi connectivity index (χ0v) is 11.6. The molecule has 0 aromatic heterocycles. The van der Waals surface area contributed by atoms with Gasteiger partial charge in [-0.3, -0.25) is 0 Å². The van der Waals surface area contributed by atoms with Gasteiger partial charge in [-0.05, 0) is 36.4 Å². The molecule has 0 heterocycles. The van der Waals surface area contributed by atoms with Crippen LogP contribution in [0.5, 0.6) is 0 Å². The maximum atomic E-state index is 6.47. The minimum atomic E-state index is -0.0634. The molecule has 0 N–H and O–H groups in total. The molecule has 0 saturated heterocycles. The molecule has 1 unspecified atom stereocenters. The smallest absolute Gasteiger partial charge is 0.0835 e. The van der Waals surface area contributed by atoms with Crippen LogP contribution in [0.1, 0.15) is 22.1 Å². The summed E-state index contributed by atoms with van der Waals surface area (Å²) in [6.45, 7) is 2.08. The monoisotopic (exact) mass is 262 g/mol. The van der Waals surface area contributed by atoms with Crippen molar-refractivity contribution in [1.29, 1.82) is 0 Å². The average Bonchev–Trinajstić information content (AvgIpc) is 2.39. The molecule has 2 aromatic rings. The summed E-state index contributed by atoms with van der Waals surface area (Å²) in [5, 5.41) is -0.0634. The zero-order valence-electron chi connectivity index (χ0n) is 9.98. The van der Waals surface area contributed by atoms with Gasteiger partial charge in [0.25, 0.3) is 0 Å². The van der Waals surface area contributed by atoms with Gasteiger partial charge in [0.15, 0.2) is 0 Å². The maximum Gasteiger partial charge on any atom is 0.0835 e. The molecular formula is C15H15ClS. The van der Waals surface area contributed by atoms with Gasteiger partial charge in [-0.1, -0.05) is 42.0 Å². The van der Waals surface area contributed by atoms with Crippen molar-refractivity contribution in [2.75, 3.05) is 6.26 Å². The van der Waals surface area contributed by atoms with Crippen LogP contribution >= 0.6 is 23.4 Å². The van der Waals surface area contributed by atoms with Crippen molar-refractivity contribution >= 4 is 23.4 Å². The van der Waals surface area contributed by atoms with E-state index in [0.29, 0.717) is 0 Å². The van der Waals surface area contributed by atoms with E-state index >= 15 is 0 Å². The number of alkyl halides is 1. The molecule has 0 radical (unpaired) electrons. The summed E-state index contributed by atoms with van der Waals surface area (Å²) in [7, 11) is 0. The molecule has 1 atom stereocenters. The highest BCUT2D eigenvalue weighted by atomic mass is 35.5. The van der Waals surface area contributed by atoms with Crippen molar-refractivity contribution in [2.24, 2.45) is 0 Å². The van der Waals surface area contributed by atoms with Crippen LogP contribution in [-0.2, 0) is 0 Å². The molecule has 0 aliphatic rings. The molecule has 0 nitrogen and oxygen atoms in total. The third-order valence-electron chi connectivity index (χ3n) is 2.78. The minimum absolute atomic E-state index is 0.0634. The van der Waals surface area contributed by atoms with Crippen LogP contribution in [0.2, 0.25) is 0 Å². The second kappa shape index (κ2) is 5.61. The predicted molar refractivity (Wildman–Crippen MR) is 77.1 cm³/mol. The number of thioether (sulfide) groups is 1. The Morgan fingerprint density at radius 1 is 0.882 bits per heavy atom. The van der Waals surface area contributed by atoms with Crippen molar-refractivity contribution < 1.29 is 0 Å². The lowest BCUT2D eigenvalue weighted by molar-refractivity contribution is 1.13. The zero-order chi connectivity index (χ0) is 12.3. The largest absolute Gasteiger partial charge is 0.130 e. The second-order valence-electron chi connectivity index (χ2n) is 4.05. The van der Waals surface area contributed by atoms with Gasteiger partial charge in [0, 0.05) is 4.90 Å². The van der Waals surface area contributed by atoms with Gasteiger partial charge in [-0.2, -0.15) is 0 Å². The van der Waals surface area contributed by atoms with E-state index in [0.717, 1.165) is 11.1 Å². The Kier molecular flexibility index (Phi) is 4.14. The molecule has 0 amide bonds. The van der Waals surface area contributed by atoms with Crippen LogP contribution in [0, 0.1) is 6.92 Å². The Hall–Kier alpha value is -0.920. The molecule has 0 bridgehead atoms. The fraction of sp³-hybridized carbons (Fsp3) is 0.200. The molecule has 0 saturated carbocycles. The van der Waals surface area contributed by atoms with Crippen molar-refractivity contribution in [3.63, 3.8) is 0 Å². The SMILES string of the molecule is CSc1ccc(C(Cl)c2ccc(C)cc2)cc1. The number of hydrogen-bond donors (Lipinski definition) is 0. The van der Waals surface area contributed by atoms with E-state index in [1.807, 2.05) is 0 Å². The lowest BCUT2D eigenvalue weighted by Gasteiger charge is -2.11. The molecule has 0 aliphatic carbocycles. The van der Waals surface area contributed by atoms with Crippen LogP contribution in [0.3, 0.4) is 0 Å². The van der Waals surface area contributed by atoms with Crippen LogP contribution in [0.25, 0.3) is 0 Å². The average molecular weight is 263 g/mol. The molecule has 17 heavy (non-hydrogen) atoms. The maximum absolute atomic E-state index is 6.47. The Morgan fingerprint density at radius 2 is 1.35 bits per heavy atom. The Bertz CT molecular complexity index is 473. The fourth-order valence-corrected chi connectivity index (χ4v) is 2.40. The van der Waals surface area contributed by atoms with Gasteiger partial charge < -0.3 is 0 Å². The number of halogens is 1. The Labute approximate surface area is 112 Å². The first-order valence-corrected chi connectivity index (χ1v) is 7.21. The molecule has 2 rings (SSSR count). The Morgan fingerprint density at radius 3 is 1.82 bits per heavy atom. The van der Waals surface area contributed by atoms with E-state index in [9.17, 15) is 0 Å². The minimum Gasteiger partial charge on any atom is -0.130 e. The molecule has 2 heteroatoms. The van der Waals surface area contributed by atoms with Crippen LogP contribution in [0.4, 0.5) is 0 Å². The van der Waals surface area contributed by atoms with E-state index in [-0.39, 0.29) is 5.38 Å². The number of aryl methyl sites for hydroxylation is 1. The summed E-state index contributed by atoms with van der Waals surface area (Å²) in [5.74, 6) is 0. The van der Waals surface area contributed by atoms with Crippen molar-refractivity contribution in [3.05, 3.63) is 65.2 Å². The normalized spacial score (nSPS) is 12.4. The summed E-state index contributed by atoms with van der Waals surface area (Å²) in [6, 6.07) is 16.8.